The maximum Gasteiger partial charge on any atom is 0.191 e. The fraction of sp³-hybridized carbons (Fsp3) is 0.308. The zero-order valence-corrected chi connectivity index (χ0v) is 20.9. The highest BCUT2D eigenvalue weighted by atomic mass is 32.1. The van der Waals surface area contributed by atoms with Gasteiger partial charge in [0.15, 0.2) is 17.1 Å². The summed E-state index contributed by atoms with van der Waals surface area (Å²) >= 11 is 3.04. The molecular formula is C26H29NO4S2. The van der Waals surface area contributed by atoms with Crippen LogP contribution < -0.4 is 9.47 Å². The first-order valence-corrected chi connectivity index (χ1v) is 12.6. The van der Waals surface area contributed by atoms with Crippen LogP contribution in [0.3, 0.4) is 0 Å². The minimum Gasteiger partial charge on any atom is -0.493 e. The van der Waals surface area contributed by atoms with Crippen molar-refractivity contribution in [3.8, 4) is 11.5 Å². The molecule has 0 aliphatic rings. The maximum atomic E-state index is 11.8. The number of furan rings is 1. The molecule has 0 unspecified atom stereocenters. The summed E-state index contributed by atoms with van der Waals surface area (Å²) in [4.78, 5) is 3.98. The summed E-state index contributed by atoms with van der Waals surface area (Å²) in [6.07, 6.45) is 0. The number of thiophene rings is 2. The van der Waals surface area contributed by atoms with E-state index >= 15 is 0 Å². The van der Waals surface area contributed by atoms with Crippen LogP contribution in [0.15, 0.2) is 69.8 Å². The van der Waals surface area contributed by atoms with Crippen molar-refractivity contribution in [1.82, 2.24) is 4.90 Å². The summed E-state index contributed by atoms with van der Waals surface area (Å²) < 4.78 is 17.4. The first-order valence-electron chi connectivity index (χ1n) is 10.8. The van der Waals surface area contributed by atoms with E-state index in [2.05, 4.69) is 24.8 Å². The number of ether oxygens (including phenoxy) is 2. The molecule has 0 spiro atoms. The zero-order valence-electron chi connectivity index (χ0n) is 19.3. The highest BCUT2D eigenvalue weighted by Crippen LogP contribution is 2.42. The van der Waals surface area contributed by atoms with E-state index in [0.29, 0.717) is 18.8 Å². The third-order valence-corrected chi connectivity index (χ3v) is 7.68. The van der Waals surface area contributed by atoms with Crippen LogP contribution in [0.25, 0.3) is 0 Å². The van der Waals surface area contributed by atoms with Crippen molar-refractivity contribution in [3.05, 3.63) is 92.2 Å². The maximum absolute atomic E-state index is 11.8. The Morgan fingerprint density at radius 1 is 0.909 bits per heavy atom. The lowest BCUT2D eigenvalue weighted by Gasteiger charge is -2.27. The molecule has 0 amide bonds. The van der Waals surface area contributed by atoms with Gasteiger partial charge < -0.3 is 19.0 Å². The number of methoxy groups -OCH3 is 2. The van der Waals surface area contributed by atoms with E-state index in [1.165, 1.54) is 22.7 Å². The minimum atomic E-state index is -1.29. The van der Waals surface area contributed by atoms with E-state index in [1.807, 2.05) is 59.3 Å². The Morgan fingerprint density at radius 2 is 1.61 bits per heavy atom. The van der Waals surface area contributed by atoms with E-state index in [0.717, 1.165) is 32.6 Å². The normalized spacial score (nSPS) is 12.0. The first kappa shape index (κ1) is 23.6. The number of nitrogens with zero attached hydrogens (tertiary/aromatic N) is 1. The van der Waals surface area contributed by atoms with Crippen molar-refractivity contribution < 1.29 is 19.0 Å². The SMILES string of the molecule is COc1cccc(CN(Cc2ccc(C(O)(c3cccs3)c3cccs3)o2)C(C)C)c1OC. The molecule has 4 rings (SSSR count). The average Bonchev–Trinajstić information content (AvgIpc) is 3.60. The minimum absolute atomic E-state index is 0.267. The van der Waals surface area contributed by atoms with Crippen LogP contribution in [0.4, 0.5) is 0 Å². The molecule has 33 heavy (non-hydrogen) atoms. The lowest BCUT2D eigenvalue weighted by Crippen LogP contribution is -2.30. The molecule has 1 aromatic carbocycles. The van der Waals surface area contributed by atoms with Gasteiger partial charge in [-0.3, -0.25) is 4.90 Å². The lowest BCUT2D eigenvalue weighted by molar-refractivity contribution is 0.101. The Labute approximate surface area is 202 Å². The Balaban J connectivity index is 1.61. The van der Waals surface area contributed by atoms with Gasteiger partial charge in [-0.2, -0.15) is 0 Å². The van der Waals surface area contributed by atoms with Crippen molar-refractivity contribution in [2.45, 2.75) is 38.6 Å². The van der Waals surface area contributed by atoms with Crippen LogP contribution >= 0.6 is 22.7 Å². The molecule has 1 N–H and O–H groups in total. The zero-order chi connectivity index (χ0) is 23.4. The van der Waals surface area contributed by atoms with E-state index in [4.69, 9.17) is 13.9 Å². The second kappa shape index (κ2) is 10.1. The molecule has 0 saturated heterocycles. The fourth-order valence-electron chi connectivity index (χ4n) is 3.91. The van der Waals surface area contributed by atoms with Crippen LogP contribution in [0, 0.1) is 0 Å². The topological polar surface area (TPSA) is 55.1 Å². The van der Waals surface area contributed by atoms with Gasteiger partial charge in [-0.1, -0.05) is 24.3 Å². The van der Waals surface area contributed by atoms with Gasteiger partial charge in [0.05, 0.1) is 20.8 Å². The van der Waals surface area contributed by atoms with Crippen molar-refractivity contribution >= 4 is 22.7 Å². The van der Waals surface area contributed by atoms with Crippen LogP contribution in [-0.4, -0.2) is 30.3 Å². The molecule has 0 atom stereocenters. The number of para-hydroxylation sites is 1. The molecule has 7 heteroatoms. The van der Waals surface area contributed by atoms with E-state index in [-0.39, 0.29) is 6.04 Å². The quantitative estimate of drug-likeness (QED) is 0.295. The van der Waals surface area contributed by atoms with Crippen LogP contribution in [0.1, 0.15) is 40.7 Å². The van der Waals surface area contributed by atoms with Crippen molar-refractivity contribution in [1.29, 1.82) is 0 Å². The van der Waals surface area contributed by atoms with Gasteiger partial charge in [0, 0.05) is 27.9 Å². The number of hydrogen-bond donors (Lipinski definition) is 1. The van der Waals surface area contributed by atoms with Crippen LogP contribution in [-0.2, 0) is 18.7 Å². The highest BCUT2D eigenvalue weighted by molar-refractivity contribution is 7.11. The Bertz CT molecular complexity index is 1110. The average molecular weight is 484 g/mol. The molecule has 4 aromatic rings. The monoisotopic (exact) mass is 483 g/mol. The molecule has 3 aromatic heterocycles. The second-order valence-corrected chi connectivity index (χ2v) is 9.98. The van der Waals surface area contributed by atoms with E-state index in [9.17, 15) is 5.11 Å². The van der Waals surface area contributed by atoms with Gasteiger partial charge in [-0.05, 0) is 54.9 Å². The van der Waals surface area contributed by atoms with Crippen LogP contribution in [0.2, 0.25) is 0 Å². The molecule has 0 aliphatic heterocycles. The Hall–Kier alpha value is -2.58. The summed E-state index contributed by atoms with van der Waals surface area (Å²) in [7, 11) is 3.31. The van der Waals surface area contributed by atoms with E-state index in [1.54, 1.807) is 14.2 Å². The third kappa shape index (κ3) is 4.73. The molecule has 5 nitrogen and oxygen atoms in total. The van der Waals surface area contributed by atoms with Gasteiger partial charge >= 0.3 is 0 Å². The van der Waals surface area contributed by atoms with Gasteiger partial charge in [-0.15, -0.1) is 22.7 Å². The summed E-state index contributed by atoms with van der Waals surface area (Å²) in [5.74, 6) is 2.80. The second-order valence-electron chi connectivity index (χ2n) is 8.08. The number of benzene rings is 1. The Morgan fingerprint density at radius 3 is 2.15 bits per heavy atom. The molecular weight excluding hydrogens is 454 g/mol. The molecule has 174 valence electrons. The number of aliphatic hydroxyl groups is 1. The van der Waals surface area contributed by atoms with Gasteiger partial charge in [0.1, 0.15) is 11.5 Å². The third-order valence-electron chi connectivity index (χ3n) is 5.72. The molecule has 0 saturated carbocycles. The van der Waals surface area contributed by atoms with Crippen molar-refractivity contribution in [2.24, 2.45) is 0 Å². The van der Waals surface area contributed by atoms with Crippen LogP contribution in [0.5, 0.6) is 11.5 Å². The number of hydrogen-bond acceptors (Lipinski definition) is 7. The summed E-state index contributed by atoms with van der Waals surface area (Å²) in [6.45, 7) is 5.59. The highest BCUT2D eigenvalue weighted by Gasteiger charge is 2.39. The smallest absolute Gasteiger partial charge is 0.191 e. The molecule has 3 heterocycles. The lowest BCUT2D eigenvalue weighted by atomic mass is 9.97. The predicted molar refractivity (Wildman–Crippen MR) is 133 cm³/mol. The number of rotatable bonds is 10. The molecule has 0 radical (unpaired) electrons. The van der Waals surface area contributed by atoms with Gasteiger partial charge in [-0.25, -0.2) is 0 Å². The Kier molecular flexibility index (Phi) is 7.24. The first-order chi connectivity index (χ1) is 16.0. The molecule has 0 bridgehead atoms. The fourth-order valence-corrected chi connectivity index (χ4v) is 5.66. The van der Waals surface area contributed by atoms with Crippen molar-refractivity contribution in [2.75, 3.05) is 14.2 Å². The largest absolute Gasteiger partial charge is 0.493 e. The van der Waals surface area contributed by atoms with Crippen molar-refractivity contribution in [3.63, 3.8) is 0 Å². The van der Waals surface area contributed by atoms with Gasteiger partial charge in [0.2, 0.25) is 0 Å². The van der Waals surface area contributed by atoms with E-state index < -0.39 is 5.60 Å². The predicted octanol–water partition coefficient (Wildman–Crippen LogP) is 6.11. The molecule has 0 aliphatic carbocycles. The van der Waals surface area contributed by atoms with Gasteiger partial charge in [0.25, 0.3) is 0 Å². The summed E-state index contributed by atoms with van der Waals surface area (Å²) in [5.41, 5.74) is -0.245. The molecule has 0 fully saturated rings. The standard InChI is InChI=1S/C26H29NO4S2/c1-18(2)27(16-19-8-5-9-21(29-3)25(19)30-4)17-20-12-13-22(31-20)26(28,23-10-6-14-32-23)24-11-7-15-33-24/h5-15,18,28H,16-17H2,1-4H3. The summed E-state index contributed by atoms with van der Waals surface area (Å²) in [5, 5.41) is 15.7. The summed E-state index contributed by atoms with van der Waals surface area (Å²) in [6, 6.07) is 17.8.